The zero-order chi connectivity index (χ0) is 10.7. The maximum Gasteiger partial charge on any atom is 0.184 e. The molecule has 0 aromatic carbocycles. The summed E-state index contributed by atoms with van der Waals surface area (Å²) in [4.78, 5) is 2.82. The highest BCUT2D eigenvalue weighted by Gasteiger charge is 2.29. The van der Waals surface area contributed by atoms with E-state index in [0.29, 0.717) is 0 Å². The van der Waals surface area contributed by atoms with Crippen LogP contribution in [0.4, 0.5) is 0 Å². The van der Waals surface area contributed by atoms with Crippen LogP contribution in [0.25, 0.3) is 10.4 Å². The first-order valence-corrected chi connectivity index (χ1v) is 7.84. The largest absolute Gasteiger partial charge is 0.414 e. The first-order valence-electron chi connectivity index (χ1n) is 4.43. The average Bonchev–Trinajstić information content (AvgIpc) is 1.82. The molecule has 0 bridgehead atoms. The Labute approximate surface area is 81.0 Å². The van der Waals surface area contributed by atoms with Crippen molar-refractivity contribution in [3.05, 3.63) is 10.4 Å². The highest BCUT2D eigenvalue weighted by molar-refractivity contribution is 6.69. The monoisotopic (exact) mass is 201 g/mol. The molecule has 0 fully saturated rings. The van der Waals surface area contributed by atoms with Crippen LogP contribution in [-0.2, 0) is 4.43 Å². The van der Waals surface area contributed by atoms with Crippen LogP contribution in [0.3, 0.4) is 0 Å². The molecule has 0 aliphatic heterocycles. The van der Waals surface area contributed by atoms with Gasteiger partial charge in [0, 0.05) is 4.91 Å². The van der Waals surface area contributed by atoms with Crippen molar-refractivity contribution in [2.75, 3.05) is 0 Å². The number of hydrogen-bond donors (Lipinski definition) is 0. The maximum atomic E-state index is 8.36. The van der Waals surface area contributed by atoms with Crippen molar-refractivity contribution in [1.82, 2.24) is 0 Å². The summed E-state index contributed by atoms with van der Waals surface area (Å²) in [5.74, 6) is 0. The second-order valence-corrected chi connectivity index (χ2v) is 9.18. The van der Waals surface area contributed by atoms with Crippen molar-refractivity contribution in [2.24, 2.45) is 5.11 Å². The Balaban J connectivity index is 4.42. The summed E-state index contributed by atoms with van der Waals surface area (Å²) in [6, 6.07) is 0. The van der Waals surface area contributed by atoms with Crippen LogP contribution in [-0.4, -0.2) is 20.0 Å². The lowest BCUT2D eigenvalue weighted by Gasteiger charge is -2.32. The zero-order valence-corrected chi connectivity index (χ0v) is 10.3. The van der Waals surface area contributed by atoms with Crippen LogP contribution in [0, 0.1) is 0 Å². The van der Waals surface area contributed by atoms with Gasteiger partial charge in [-0.1, -0.05) is 19.0 Å². The quantitative estimate of drug-likeness (QED) is 0.298. The fourth-order valence-electron chi connectivity index (χ4n) is 0.871. The van der Waals surface area contributed by atoms with E-state index in [9.17, 15) is 0 Å². The molecular formula is C8H19N3OSi. The topological polar surface area (TPSA) is 58.0 Å². The SMILES string of the molecule is CC(O[Si](C)(C)C)C(C)(C)N=[N+]=[N-]. The summed E-state index contributed by atoms with van der Waals surface area (Å²) >= 11 is 0. The van der Waals surface area contributed by atoms with Gasteiger partial charge in [0.1, 0.15) is 0 Å². The maximum absolute atomic E-state index is 8.36. The molecule has 1 atom stereocenters. The summed E-state index contributed by atoms with van der Waals surface area (Å²) in [5, 5.41) is 3.72. The summed E-state index contributed by atoms with van der Waals surface area (Å²) in [6.45, 7) is 12.1. The Morgan fingerprint density at radius 1 is 1.38 bits per heavy atom. The predicted molar refractivity (Wildman–Crippen MR) is 57.1 cm³/mol. The number of hydrogen-bond acceptors (Lipinski definition) is 2. The van der Waals surface area contributed by atoms with E-state index in [1.54, 1.807) is 0 Å². The highest BCUT2D eigenvalue weighted by atomic mass is 28.4. The lowest BCUT2D eigenvalue weighted by molar-refractivity contribution is 0.139. The molecule has 0 aromatic heterocycles. The minimum Gasteiger partial charge on any atom is -0.414 e. The highest BCUT2D eigenvalue weighted by Crippen LogP contribution is 2.21. The first kappa shape index (κ1) is 12.5. The molecule has 13 heavy (non-hydrogen) atoms. The molecule has 0 aliphatic rings. The molecule has 0 aliphatic carbocycles. The fraction of sp³-hybridized carbons (Fsp3) is 1.00. The summed E-state index contributed by atoms with van der Waals surface area (Å²) < 4.78 is 5.83. The van der Waals surface area contributed by atoms with Crippen LogP contribution < -0.4 is 0 Å². The smallest absolute Gasteiger partial charge is 0.184 e. The van der Waals surface area contributed by atoms with E-state index in [0.717, 1.165) is 0 Å². The minimum atomic E-state index is -1.54. The van der Waals surface area contributed by atoms with Gasteiger partial charge in [-0.3, -0.25) is 0 Å². The van der Waals surface area contributed by atoms with E-state index in [1.165, 1.54) is 0 Å². The van der Waals surface area contributed by atoms with Crippen molar-refractivity contribution in [3.63, 3.8) is 0 Å². The molecule has 0 rings (SSSR count). The lowest BCUT2D eigenvalue weighted by atomic mass is 10.0. The molecule has 0 spiro atoms. The lowest BCUT2D eigenvalue weighted by Crippen LogP contribution is -2.41. The Kier molecular flexibility index (Phi) is 3.97. The van der Waals surface area contributed by atoms with Crippen molar-refractivity contribution in [2.45, 2.75) is 52.1 Å². The normalized spacial score (nSPS) is 14.9. The van der Waals surface area contributed by atoms with Crippen molar-refractivity contribution in [3.8, 4) is 0 Å². The molecule has 0 heterocycles. The molecule has 0 radical (unpaired) electrons. The second kappa shape index (κ2) is 4.13. The van der Waals surface area contributed by atoms with Gasteiger partial charge in [0.2, 0.25) is 0 Å². The number of azide groups is 1. The van der Waals surface area contributed by atoms with Gasteiger partial charge >= 0.3 is 0 Å². The average molecular weight is 201 g/mol. The zero-order valence-electron chi connectivity index (χ0n) is 9.33. The van der Waals surface area contributed by atoms with E-state index in [1.807, 2.05) is 20.8 Å². The first-order chi connectivity index (χ1) is 5.69. The van der Waals surface area contributed by atoms with E-state index >= 15 is 0 Å². The predicted octanol–water partition coefficient (Wildman–Crippen LogP) is 3.32. The van der Waals surface area contributed by atoms with Crippen LogP contribution in [0.15, 0.2) is 5.11 Å². The Hall–Kier alpha value is -0.513. The summed E-state index contributed by atoms with van der Waals surface area (Å²) in [7, 11) is -1.54. The van der Waals surface area contributed by atoms with Gasteiger partial charge in [0.25, 0.3) is 0 Å². The van der Waals surface area contributed by atoms with Crippen LogP contribution in [0.1, 0.15) is 20.8 Å². The van der Waals surface area contributed by atoms with Gasteiger partial charge in [0.05, 0.1) is 11.6 Å². The van der Waals surface area contributed by atoms with Crippen molar-refractivity contribution in [1.29, 1.82) is 0 Å². The minimum absolute atomic E-state index is 0.0323. The van der Waals surface area contributed by atoms with Gasteiger partial charge in [0.15, 0.2) is 8.32 Å². The van der Waals surface area contributed by atoms with E-state index < -0.39 is 13.9 Å². The molecule has 0 saturated heterocycles. The van der Waals surface area contributed by atoms with E-state index in [2.05, 4.69) is 29.7 Å². The van der Waals surface area contributed by atoms with Gasteiger partial charge in [-0.25, -0.2) is 0 Å². The molecule has 0 saturated carbocycles. The third kappa shape index (κ3) is 4.93. The Morgan fingerprint density at radius 3 is 2.15 bits per heavy atom. The van der Waals surface area contributed by atoms with Gasteiger partial charge in [-0.2, -0.15) is 0 Å². The molecule has 0 amide bonds. The molecular weight excluding hydrogens is 182 g/mol. The van der Waals surface area contributed by atoms with Crippen LogP contribution >= 0.6 is 0 Å². The third-order valence-corrected chi connectivity index (χ3v) is 2.89. The molecule has 4 nitrogen and oxygen atoms in total. The van der Waals surface area contributed by atoms with Gasteiger partial charge < -0.3 is 4.43 Å². The Morgan fingerprint density at radius 2 is 1.85 bits per heavy atom. The number of nitrogens with zero attached hydrogens (tertiary/aromatic N) is 3. The molecule has 0 aromatic rings. The third-order valence-electron chi connectivity index (χ3n) is 1.83. The molecule has 0 N–H and O–H groups in total. The van der Waals surface area contributed by atoms with Crippen molar-refractivity contribution >= 4 is 8.32 Å². The molecule has 1 unspecified atom stereocenters. The van der Waals surface area contributed by atoms with Crippen LogP contribution in [0.5, 0.6) is 0 Å². The summed E-state index contributed by atoms with van der Waals surface area (Å²) in [5.41, 5.74) is 7.90. The fourth-order valence-corrected chi connectivity index (χ4v) is 2.22. The second-order valence-electron chi connectivity index (χ2n) is 4.72. The summed E-state index contributed by atoms with van der Waals surface area (Å²) in [6.07, 6.45) is -0.0323. The Bertz CT molecular complexity index is 216. The van der Waals surface area contributed by atoms with Crippen LogP contribution in [0.2, 0.25) is 19.6 Å². The number of rotatable bonds is 4. The van der Waals surface area contributed by atoms with Gasteiger partial charge in [-0.05, 0) is 32.1 Å². The van der Waals surface area contributed by atoms with E-state index in [4.69, 9.17) is 9.96 Å². The van der Waals surface area contributed by atoms with E-state index in [-0.39, 0.29) is 6.10 Å². The standard InChI is InChI=1S/C8H19N3OSi/c1-7(12-13(4,5)6)8(2,3)10-11-9/h7H,1-6H3. The molecule has 76 valence electrons. The van der Waals surface area contributed by atoms with Gasteiger partial charge in [-0.15, -0.1) is 0 Å². The van der Waals surface area contributed by atoms with Crippen molar-refractivity contribution < 1.29 is 4.43 Å². The molecule has 5 heteroatoms.